The van der Waals surface area contributed by atoms with E-state index in [0.717, 1.165) is 0 Å². The molecule has 282 valence electrons. The predicted octanol–water partition coefficient (Wildman–Crippen LogP) is 4.81. The van der Waals surface area contributed by atoms with Crippen molar-refractivity contribution in [3.63, 3.8) is 0 Å². The Morgan fingerprint density at radius 1 is 0.549 bits per heavy atom. The molecule has 0 amide bonds. The number of rotatable bonds is 14. The number of carboxylic acids is 1. The van der Waals surface area contributed by atoms with Crippen LogP contribution in [0.1, 0.15) is 105 Å². The first-order valence-corrected chi connectivity index (χ1v) is 16.7. The molecule has 0 spiro atoms. The maximum absolute atomic E-state index is 12.8. The second-order valence-electron chi connectivity index (χ2n) is 16.2. The number of pyridine rings is 2. The average molecular weight is 715 g/mol. The summed E-state index contributed by atoms with van der Waals surface area (Å²) in [6, 6.07) is 7.76. The summed E-state index contributed by atoms with van der Waals surface area (Å²) >= 11 is 0. The number of nitrogens with zero attached hydrogens (tertiary/aromatic N) is 4. The molecule has 2 rings (SSSR count). The largest absolute Gasteiger partial charge is 0.478 e. The van der Waals surface area contributed by atoms with Crippen molar-refractivity contribution in [3.8, 4) is 11.4 Å². The average Bonchev–Trinajstić information content (AvgIpc) is 2.88. The number of aromatic nitrogens is 2. The van der Waals surface area contributed by atoms with Gasteiger partial charge in [0.25, 0.3) is 0 Å². The summed E-state index contributed by atoms with van der Waals surface area (Å²) in [5, 5.41) is 9.96. The Morgan fingerprint density at radius 3 is 1.25 bits per heavy atom. The van der Waals surface area contributed by atoms with Crippen molar-refractivity contribution in [2.75, 3.05) is 26.2 Å². The fraction of sp³-hybridized carbons (Fsp3) is 0.595. The summed E-state index contributed by atoms with van der Waals surface area (Å²) in [7, 11) is 0. The maximum Gasteiger partial charge on any atom is 0.335 e. The van der Waals surface area contributed by atoms with Gasteiger partial charge in [0.05, 0.1) is 54.5 Å². The van der Waals surface area contributed by atoms with Crippen LogP contribution in [0.2, 0.25) is 0 Å². The van der Waals surface area contributed by atoms with Gasteiger partial charge in [0, 0.05) is 13.1 Å². The van der Waals surface area contributed by atoms with Crippen molar-refractivity contribution >= 4 is 29.8 Å². The van der Waals surface area contributed by atoms with E-state index in [0.29, 0.717) is 11.4 Å². The van der Waals surface area contributed by atoms with Gasteiger partial charge >= 0.3 is 29.8 Å². The molecule has 2 heterocycles. The van der Waals surface area contributed by atoms with Gasteiger partial charge in [0.15, 0.2) is 0 Å². The number of ether oxygens (including phenoxy) is 4. The van der Waals surface area contributed by atoms with Crippen molar-refractivity contribution in [2.24, 2.45) is 0 Å². The zero-order chi connectivity index (χ0) is 38.9. The van der Waals surface area contributed by atoms with Crippen LogP contribution in [0.15, 0.2) is 30.3 Å². The Hall–Kier alpha value is -4.43. The monoisotopic (exact) mass is 714 g/mol. The van der Waals surface area contributed by atoms with Gasteiger partial charge in [-0.25, -0.2) is 14.8 Å². The molecule has 1 N–H and O–H groups in total. The van der Waals surface area contributed by atoms with Crippen LogP contribution in [0.5, 0.6) is 0 Å². The third-order valence-corrected chi connectivity index (χ3v) is 6.06. The first-order chi connectivity index (χ1) is 23.2. The molecule has 14 heteroatoms. The third kappa shape index (κ3) is 17.9. The lowest BCUT2D eigenvalue weighted by Gasteiger charge is -2.26. The van der Waals surface area contributed by atoms with Gasteiger partial charge in [-0.2, -0.15) is 0 Å². The van der Waals surface area contributed by atoms with Gasteiger partial charge in [-0.1, -0.05) is 6.07 Å². The number of carbonyl (C=O) groups excluding carboxylic acids is 4. The van der Waals surface area contributed by atoms with Crippen LogP contribution in [0.25, 0.3) is 11.4 Å². The standard InChI is InChI=1S/C37H54N4O10/c1-34(2,3)48-29(42)20-40(21-30(43)49-35(4,5)6)18-25-14-13-15-27(38-25)28-17-24(33(46)47)16-26(39-28)19-41(22-31(44)50-36(7,8)9)23-32(45)51-37(10,11)12/h13-17H,18-23H2,1-12H3,(H,46,47). The van der Waals surface area contributed by atoms with Gasteiger partial charge in [0.1, 0.15) is 22.4 Å². The highest BCUT2D eigenvalue weighted by atomic mass is 16.6. The highest BCUT2D eigenvalue weighted by Gasteiger charge is 2.26. The van der Waals surface area contributed by atoms with Crippen molar-refractivity contribution in [1.29, 1.82) is 0 Å². The zero-order valence-electron chi connectivity index (χ0n) is 32.0. The van der Waals surface area contributed by atoms with E-state index in [9.17, 15) is 29.1 Å². The van der Waals surface area contributed by atoms with Gasteiger partial charge in [-0.05, 0) is 107 Å². The number of aromatic carboxylic acids is 1. The molecule has 0 aliphatic carbocycles. The maximum atomic E-state index is 12.8. The molecule has 51 heavy (non-hydrogen) atoms. The van der Waals surface area contributed by atoms with Crippen LogP contribution in [0.4, 0.5) is 0 Å². The summed E-state index contributed by atoms with van der Waals surface area (Å²) in [4.78, 5) is 75.6. The molecule has 0 saturated heterocycles. The summed E-state index contributed by atoms with van der Waals surface area (Å²) in [5.74, 6) is -3.47. The topological polar surface area (TPSA) is 175 Å². The number of hydrogen-bond acceptors (Lipinski definition) is 13. The Kier molecular flexibility index (Phi) is 14.4. The highest BCUT2D eigenvalue weighted by Crippen LogP contribution is 2.21. The van der Waals surface area contributed by atoms with E-state index in [-0.39, 0.29) is 56.2 Å². The van der Waals surface area contributed by atoms with E-state index in [4.69, 9.17) is 18.9 Å². The van der Waals surface area contributed by atoms with Crippen molar-refractivity contribution in [2.45, 2.75) is 119 Å². The molecule has 2 aromatic heterocycles. The summed E-state index contributed by atoms with van der Waals surface area (Å²) in [6.07, 6.45) is 0. The lowest BCUT2D eigenvalue weighted by molar-refractivity contribution is -0.162. The van der Waals surface area contributed by atoms with Crippen molar-refractivity contribution in [3.05, 3.63) is 47.3 Å². The second-order valence-corrected chi connectivity index (χ2v) is 16.2. The summed E-state index contributed by atoms with van der Waals surface area (Å²) in [5.41, 5.74) is -1.86. The summed E-state index contributed by atoms with van der Waals surface area (Å²) < 4.78 is 21.9. The molecule has 0 saturated carbocycles. The fourth-order valence-electron chi connectivity index (χ4n) is 4.65. The van der Waals surface area contributed by atoms with Crippen LogP contribution >= 0.6 is 0 Å². The van der Waals surface area contributed by atoms with Crippen LogP contribution in [0.3, 0.4) is 0 Å². The lowest BCUT2D eigenvalue weighted by Crippen LogP contribution is -2.39. The Bertz CT molecular complexity index is 1500. The highest BCUT2D eigenvalue weighted by molar-refractivity contribution is 5.89. The Labute approximate surface area is 300 Å². The molecule has 0 aromatic carbocycles. The zero-order valence-corrected chi connectivity index (χ0v) is 32.0. The smallest absolute Gasteiger partial charge is 0.335 e. The third-order valence-electron chi connectivity index (χ3n) is 6.06. The lowest BCUT2D eigenvalue weighted by atomic mass is 10.1. The van der Waals surface area contributed by atoms with Crippen LogP contribution in [-0.2, 0) is 51.2 Å². The SMILES string of the molecule is CC(C)(C)OC(=O)CN(CC(=O)OC(C)(C)C)Cc1cccc(-c2cc(C(=O)O)cc(CN(CC(=O)OC(C)(C)C)CC(=O)OC(C)(C)C)n2)n1. The molecule has 0 aliphatic heterocycles. The molecule has 0 unspecified atom stereocenters. The van der Waals surface area contributed by atoms with Crippen LogP contribution in [0, 0.1) is 0 Å². The summed E-state index contributed by atoms with van der Waals surface area (Å²) in [6.45, 7) is 19.8. The van der Waals surface area contributed by atoms with Crippen LogP contribution in [-0.4, -0.2) is 103 Å². The molecule has 0 aliphatic rings. The minimum absolute atomic E-state index is 0.0529. The normalized spacial score (nSPS) is 12.4. The molecule has 0 bridgehead atoms. The minimum atomic E-state index is -1.22. The van der Waals surface area contributed by atoms with E-state index < -0.39 is 52.3 Å². The van der Waals surface area contributed by atoms with E-state index in [1.165, 1.54) is 17.0 Å². The molecule has 0 fully saturated rings. The van der Waals surface area contributed by atoms with Gasteiger partial charge in [0.2, 0.25) is 0 Å². The van der Waals surface area contributed by atoms with Crippen molar-refractivity contribution < 1.29 is 48.0 Å². The predicted molar refractivity (Wildman–Crippen MR) is 188 cm³/mol. The minimum Gasteiger partial charge on any atom is -0.478 e. The molecular formula is C37H54N4O10. The molecule has 0 radical (unpaired) electrons. The first kappa shape index (κ1) is 42.7. The first-order valence-electron chi connectivity index (χ1n) is 16.7. The second kappa shape index (κ2) is 17.2. The van der Waals surface area contributed by atoms with Gasteiger partial charge in [-0.3, -0.25) is 29.0 Å². The molecule has 2 aromatic rings. The number of esters is 4. The van der Waals surface area contributed by atoms with Gasteiger partial charge in [-0.15, -0.1) is 0 Å². The van der Waals surface area contributed by atoms with E-state index >= 15 is 0 Å². The van der Waals surface area contributed by atoms with Gasteiger partial charge < -0.3 is 24.1 Å². The Morgan fingerprint density at radius 2 is 0.902 bits per heavy atom. The van der Waals surface area contributed by atoms with Crippen LogP contribution < -0.4 is 0 Å². The number of hydrogen-bond donors (Lipinski definition) is 1. The molecule has 0 atom stereocenters. The molecular weight excluding hydrogens is 660 g/mol. The van der Waals surface area contributed by atoms with E-state index in [2.05, 4.69) is 9.97 Å². The molecule has 14 nitrogen and oxygen atoms in total. The van der Waals surface area contributed by atoms with E-state index in [1.54, 1.807) is 106 Å². The number of carbonyl (C=O) groups is 5. The van der Waals surface area contributed by atoms with Crippen molar-refractivity contribution in [1.82, 2.24) is 19.8 Å². The number of carboxylic acid groups (broad SMARTS) is 1. The Balaban J connectivity index is 2.47. The van der Waals surface area contributed by atoms with E-state index in [1.807, 2.05) is 0 Å². The fourth-order valence-corrected chi connectivity index (χ4v) is 4.65. The quantitative estimate of drug-likeness (QED) is 0.208.